The Hall–Kier alpha value is -11.1. The normalized spacial score (nSPS) is 10.5. The average molecular weight is 894 g/mol. The molecule has 0 aliphatic carbocycles. The van der Waals surface area contributed by atoms with Gasteiger partial charge in [0.15, 0.2) is 15.1 Å². The van der Waals surface area contributed by atoms with Gasteiger partial charge in [0.25, 0.3) is 34.1 Å². The molecule has 0 saturated carbocycles. The largest absolute Gasteiger partial charge is 0.313 e. The summed E-state index contributed by atoms with van der Waals surface area (Å²) in [6.45, 7) is 0. The molecule has 0 radical (unpaired) electrons. The summed E-state index contributed by atoms with van der Waals surface area (Å²) in [5, 5.41) is 136. The average Bonchev–Trinajstić information content (AvgIpc) is 3.16. The first-order chi connectivity index (χ1) is 29.2. The molecule has 42 heteroatoms. The first-order valence-corrected chi connectivity index (χ1v) is 14.6. The highest BCUT2D eigenvalue weighted by Gasteiger charge is 2.48. The highest BCUT2D eigenvalue weighted by Crippen LogP contribution is 2.48. The SMILES string of the molecule is O=[N+]([O-])c1cc([N+](=O)[O-])c(N(c2nc(N(c3c([N+](=O)[O-])cc([N+](=O)[O-])cc3[N+](=O)[O-])[N+](=O)[O-])nc(N(c3c([N+](=O)[O-])cc([N+](=O)[O-])cc3[N+](=O)[O-])[N+](=O)[O-])n2)[N+](=O)[O-])c([N+](=O)[O-])c1. The molecular formula is C21H6N18O24. The summed E-state index contributed by atoms with van der Waals surface area (Å²) >= 11 is 0. The molecule has 0 atom stereocenters. The molecule has 42 nitrogen and oxygen atoms in total. The summed E-state index contributed by atoms with van der Waals surface area (Å²) in [6, 6.07) is -1.07. The van der Waals surface area contributed by atoms with E-state index in [0.717, 1.165) is 0 Å². The van der Waals surface area contributed by atoms with Crippen LogP contribution in [0.1, 0.15) is 0 Å². The van der Waals surface area contributed by atoms with Crippen molar-refractivity contribution in [2.24, 2.45) is 0 Å². The molecule has 0 unspecified atom stereocenters. The third-order valence-electron chi connectivity index (χ3n) is 7.27. The molecule has 0 aliphatic rings. The minimum absolute atomic E-state index is 0.179. The van der Waals surface area contributed by atoms with Gasteiger partial charge in [-0.1, -0.05) is 0 Å². The zero-order valence-corrected chi connectivity index (χ0v) is 28.8. The van der Waals surface area contributed by atoms with Gasteiger partial charge < -0.3 is 0 Å². The van der Waals surface area contributed by atoms with Gasteiger partial charge in [0.1, 0.15) is 0 Å². The lowest BCUT2D eigenvalue weighted by atomic mass is 10.2. The molecule has 1 heterocycles. The van der Waals surface area contributed by atoms with E-state index >= 15 is 0 Å². The van der Waals surface area contributed by atoms with Crippen LogP contribution in [0.25, 0.3) is 0 Å². The maximum atomic E-state index is 12.7. The minimum Gasteiger partial charge on any atom is -0.258 e. The zero-order chi connectivity index (χ0) is 47.7. The van der Waals surface area contributed by atoms with E-state index in [2.05, 4.69) is 15.0 Å². The highest BCUT2D eigenvalue weighted by molar-refractivity contribution is 5.84. The fourth-order valence-electron chi connectivity index (χ4n) is 4.96. The van der Waals surface area contributed by atoms with Crippen LogP contribution in [0.15, 0.2) is 36.4 Å². The summed E-state index contributed by atoms with van der Waals surface area (Å²) in [4.78, 5) is 139. The van der Waals surface area contributed by atoms with E-state index < -0.39 is 161 Å². The molecule has 0 saturated heterocycles. The van der Waals surface area contributed by atoms with Crippen molar-refractivity contribution in [3.63, 3.8) is 0 Å². The predicted octanol–water partition coefficient (Wildman–Crippen LogP) is 3.03. The standard InChI is InChI=1S/C21H6N18O24/c40-28(41)7-1-10(31(46)47)16(11(2-7)32(48)49)25(37(58)59)19-22-20(26(38(60)61)17-12(33(50)51)3-8(29(42)43)4-13(17)34(52)53)24-21(23-19)27(39(62)63)18-14(35(54)55)5-9(30(44)45)6-15(18)36(56)57/h1-6H. The van der Waals surface area contributed by atoms with Crippen LogP contribution in [-0.2, 0) is 0 Å². The Balaban J connectivity index is 2.40. The number of aromatic nitrogens is 3. The number of hydrogen-bond acceptors (Lipinski definition) is 27. The van der Waals surface area contributed by atoms with Gasteiger partial charge in [-0.25, -0.2) is 30.3 Å². The van der Waals surface area contributed by atoms with E-state index in [9.17, 15) is 121 Å². The van der Waals surface area contributed by atoms with Crippen molar-refractivity contribution < 1.29 is 59.4 Å². The monoisotopic (exact) mass is 894 g/mol. The Labute approximate surface area is 333 Å². The van der Waals surface area contributed by atoms with E-state index in [4.69, 9.17) is 0 Å². The van der Waals surface area contributed by atoms with Crippen LogP contribution in [0, 0.1) is 121 Å². The van der Waals surface area contributed by atoms with E-state index in [-0.39, 0.29) is 36.4 Å². The van der Waals surface area contributed by atoms with Crippen molar-refractivity contribution in [3.05, 3.63) is 158 Å². The molecular weight excluding hydrogens is 888 g/mol. The van der Waals surface area contributed by atoms with Crippen molar-refractivity contribution in [2.75, 3.05) is 15.0 Å². The van der Waals surface area contributed by atoms with Gasteiger partial charge >= 0.3 is 52.0 Å². The number of anilines is 6. The molecule has 324 valence electrons. The quantitative estimate of drug-likeness (QED) is 0.102. The van der Waals surface area contributed by atoms with Crippen LogP contribution in [0.4, 0.5) is 86.1 Å². The summed E-state index contributed by atoms with van der Waals surface area (Å²) < 4.78 is 0. The lowest BCUT2D eigenvalue weighted by Gasteiger charge is -2.18. The third-order valence-corrected chi connectivity index (χ3v) is 7.27. The Morgan fingerprint density at radius 2 is 0.444 bits per heavy atom. The number of nitro groups is 12. The van der Waals surface area contributed by atoms with E-state index in [1.54, 1.807) is 0 Å². The van der Waals surface area contributed by atoms with Crippen molar-refractivity contribution in [2.45, 2.75) is 0 Å². The van der Waals surface area contributed by atoms with Gasteiger partial charge in [0.2, 0.25) is 0 Å². The molecule has 1 aromatic heterocycles. The molecule has 0 aliphatic heterocycles. The van der Waals surface area contributed by atoms with Gasteiger partial charge in [-0.05, 0) is 15.0 Å². The van der Waals surface area contributed by atoms with E-state index in [1.165, 1.54) is 0 Å². The molecule has 4 rings (SSSR count). The van der Waals surface area contributed by atoms with Crippen molar-refractivity contribution in [3.8, 4) is 0 Å². The summed E-state index contributed by atoms with van der Waals surface area (Å²) in [7, 11) is 0. The molecule has 0 N–H and O–H groups in total. The maximum absolute atomic E-state index is 12.7. The van der Waals surface area contributed by atoms with Crippen LogP contribution in [-0.4, -0.2) is 74.4 Å². The smallest absolute Gasteiger partial charge is 0.258 e. The van der Waals surface area contributed by atoms with Crippen molar-refractivity contribution in [1.82, 2.24) is 15.0 Å². The second kappa shape index (κ2) is 16.4. The lowest BCUT2D eigenvalue weighted by Crippen LogP contribution is -2.34. The number of hydrogen-bond donors (Lipinski definition) is 0. The first kappa shape index (κ1) is 44.6. The van der Waals surface area contributed by atoms with Gasteiger partial charge in [0, 0.05) is 0 Å². The number of nitrogens with zero attached hydrogens (tertiary/aromatic N) is 18. The topological polar surface area (TPSA) is 566 Å². The van der Waals surface area contributed by atoms with Crippen molar-refractivity contribution in [1.29, 1.82) is 0 Å². The summed E-state index contributed by atoms with van der Waals surface area (Å²) in [5.74, 6) is -6.88. The van der Waals surface area contributed by atoms with E-state index in [1.807, 2.05) is 0 Å². The lowest BCUT2D eigenvalue weighted by molar-refractivity contribution is -0.490. The molecule has 63 heavy (non-hydrogen) atoms. The summed E-state index contributed by atoms with van der Waals surface area (Å²) in [5.41, 5.74) is -23.0. The number of hydrazine groups is 3. The third kappa shape index (κ3) is 8.32. The Morgan fingerprint density at radius 3 is 0.556 bits per heavy atom. The molecule has 0 bridgehead atoms. The van der Waals surface area contributed by atoms with Crippen LogP contribution in [0.2, 0.25) is 0 Å². The molecule has 0 spiro atoms. The van der Waals surface area contributed by atoms with Gasteiger partial charge in [-0.15, -0.1) is 0 Å². The molecule has 0 amide bonds. The van der Waals surface area contributed by atoms with Crippen LogP contribution in [0.3, 0.4) is 0 Å². The fourth-order valence-corrected chi connectivity index (χ4v) is 4.96. The number of rotatable bonds is 18. The van der Waals surface area contributed by atoms with Crippen LogP contribution in [0.5, 0.6) is 0 Å². The van der Waals surface area contributed by atoms with Gasteiger partial charge in [-0.2, -0.15) is 15.0 Å². The number of non-ortho nitro benzene ring substituents is 3. The van der Waals surface area contributed by atoms with Crippen LogP contribution >= 0.6 is 0 Å². The summed E-state index contributed by atoms with van der Waals surface area (Å²) in [6.07, 6.45) is 0. The maximum Gasteiger partial charge on any atom is 0.313 e. The van der Waals surface area contributed by atoms with Crippen LogP contribution < -0.4 is 15.0 Å². The van der Waals surface area contributed by atoms with Crippen molar-refractivity contribution >= 4 is 86.1 Å². The second-order valence-electron chi connectivity index (χ2n) is 10.7. The fraction of sp³-hybridized carbons (Fsp3) is 0. The van der Waals surface area contributed by atoms with E-state index in [0.29, 0.717) is 0 Å². The zero-order valence-electron chi connectivity index (χ0n) is 28.8. The van der Waals surface area contributed by atoms with Gasteiger partial charge in [-0.3, -0.25) is 91.0 Å². The number of benzene rings is 3. The molecule has 0 fully saturated rings. The Morgan fingerprint density at radius 1 is 0.286 bits per heavy atom. The molecule has 3 aromatic carbocycles. The predicted molar refractivity (Wildman–Crippen MR) is 186 cm³/mol. The minimum atomic E-state index is -2.29. The number of nitro benzene ring substituents is 9. The Kier molecular flexibility index (Phi) is 11.6. The van der Waals surface area contributed by atoms with Gasteiger partial charge in [0.05, 0.1) is 80.7 Å². The molecule has 4 aromatic rings. The first-order valence-electron chi connectivity index (χ1n) is 14.6. The second-order valence-corrected chi connectivity index (χ2v) is 10.7. The highest BCUT2D eigenvalue weighted by atomic mass is 16.7. The Bertz CT molecular complexity index is 2420.